The van der Waals surface area contributed by atoms with Crippen molar-refractivity contribution in [2.45, 2.75) is 32.2 Å². The van der Waals surface area contributed by atoms with Gasteiger partial charge >= 0.3 is 0 Å². The van der Waals surface area contributed by atoms with E-state index in [9.17, 15) is 4.39 Å². The van der Waals surface area contributed by atoms with Crippen LogP contribution in [0.3, 0.4) is 0 Å². The fourth-order valence-electron chi connectivity index (χ4n) is 2.78. The zero-order valence-electron chi connectivity index (χ0n) is 12.4. The first-order valence-corrected chi connectivity index (χ1v) is 7.42. The van der Waals surface area contributed by atoms with Gasteiger partial charge in [0.05, 0.1) is 12.3 Å². The van der Waals surface area contributed by atoms with Crippen molar-refractivity contribution in [3.05, 3.63) is 29.6 Å². The number of methoxy groups -OCH3 is 1. The molecular weight excluding hydrogens is 255 g/mol. The van der Waals surface area contributed by atoms with E-state index in [4.69, 9.17) is 10.5 Å². The highest BCUT2D eigenvalue weighted by Crippen LogP contribution is 2.38. The van der Waals surface area contributed by atoms with E-state index in [2.05, 4.69) is 11.8 Å². The number of hydrogen-bond acceptors (Lipinski definition) is 3. The van der Waals surface area contributed by atoms with Crippen molar-refractivity contribution in [3.63, 3.8) is 0 Å². The number of ether oxygens (including phenoxy) is 1. The number of benzene rings is 1. The smallest absolute Gasteiger partial charge is 0.146 e. The molecule has 0 saturated heterocycles. The van der Waals surface area contributed by atoms with Crippen LogP contribution in [0.15, 0.2) is 18.2 Å². The highest BCUT2D eigenvalue weighted by atomic mass is 19.1. The fraction of sp³-hybridized carbons (Fsp3) is 0.625. The molecule has 1 unspecified atom stereocenters. The standard InChI is InChI=1S/C16H25FN2O/c1-12(13-6-7-13)19(10-11-20-2)16-14(8-9-18)4-3-5-15(16)17/h3-5,12-13H,6-11,18H2,1-2H3. The summed E-state index contributed by atoms with van der Waals surface area (Å²) in [5, 5.41) is 0. The fourth-order valence-corrected chi connectivity index (χ4v) is 2.78. The summed E-state index contributed by atoms with van der Waals surface area (Å²) in [6, 6.07) is 5.62. The van der Waals surface area contributed by atoms with Crippen molar-refractivity contribution >= 4 is 5.69 Å². The third-order valence-corrected chi connectivity index (χ3v) is 4.10. The van der Waals surface area contributed by atoms with Gasteiger partial charge in [-0.05, 0) is 50.3 Å². The molecule has 3 nitrogen and oxygen atoms in total. The second-order valence-corrected chi connectivity index (χ2v) is 5.55. The van der Waals surface area contributed by atoms with Gasteiger partial charge in [0.25, 0.3) is 0 Å². The molecule has 112 valence electrons. The molecule has 1 saturated carbocycles. The molecule has 0 radical (unpaired) electrons. The van der Waals surface area contributed by atoms with Crippen LogP contribution in [-0.4, -0.2) is 32.8 Å². The van der Waals surface area contributed by atoms with E-state index in [-0.39, 0.29) is 5.82 Å². The van der Waals surface area contributed by atoms with Gasteiger partial charge in [0.2, 0.25) is 0 Å². The summed E-state index contributed by atoms with van der Waals surface area (Å²) in [4.78, 5) is 2.17. The molecule has 0 aromatic heterocycles. The van der Waals surface area contributed by atoms with Gasteiger partial charge in [0.1, 0.15) is 5.82 Å². The van der Waals surface area contributed by atoms with E-state index in [0.29, 0.717) is 38.1 Å². The number of para-hydroxylation sites is 1. The number of rotatable bonds is 8. The summed E-state index contributed by atoms with van der Waals surface area (Å²) in [6.07, 6.45) is 3.19. The molecule has 2 N–H and O–H groups in total. The lowest BCUT2D eigenvalue weighted by Crippen LogP contribution is -2.38. The maximum atomic E-state index is 14.4. The van der Waals surface area contributed by atoms with Gasteiger partial charge < -0.3 is 15.4 Å². The van der Waals surface area contributed by atoms with E-state index in [0.717, 1.165) is 11.3 Å². The van der Waals surface area contributed by atoms with E-state index in [1.165, 1.54) is 18.9 Å². The predicted octanol–water partition coefficient (Wildman–Crippen LogP) is 2.58. The van der Waals surface area contributed by atoms with Crippen molar-refractivity contribution in [1.29, 1.82) is 0 Å². The molecule has 1 aromatic rings. The lowest BCUT2D eigenvalue weighted by atomic mass is 10.0. The second-order valence-electron chi connectivity index (χ2n) is 5.55. The molecule has 0 spiro atoms. The highest BCUT2D eigenvalue weighted by molar-refractivity contribution is 5.56. The summed E-state index contributed by atoms with van der Waals surface area (Å²) < 4.78 is 19.6. The molecule has 0 aliphatic heterocycles. The monoisotopic (exact) mass is 280 g/mol. The van der Waals surface area contributed by atoms with Crippen molar-refractivity contribution in [3.8, 4) is 0 Å². The molecule has 2 rings (SSSR count). The van der Waals surface area contributed by atoms with Gasteiger partial charge in [-0.3, -0.25) is 0 Å². The van der Waals surface area contributed by atoms with Gasteiger partial charge in [0, 0.05) is 19.7 Å². The molecule has 0 heterocycles. The van der Waals surface area contributed by atoms with E-state index < -0.39 is 0 Å². The zero-order valence-corrected chi connectivity index (χ0v) is 12.4. The van der Waals surface area contributed by atoms with Crippen LogP contribution in [0.25, 0.3) is 0 Å². The Balaban J connectivity index is 2.30. The Bertz CT molecular complexity index is 434. The molecule has 20 heavy (non-hydrogen) atoms. The molecule has 0 amide bonds. The zero-order chi connectivity index (χ0) is 14.5. The van der Waals surface area contributed by atoms with Crippen LogP contribution >= 0.6 is 0 Å². The molecule has 1 aliphatic rings. The normalized spacial score (nSPS) is 16.2. The first-order chi connectivity index (χ1) is 9.69. The summed E-state index contributed by atoms with van der Waals surface area (Å²) in [5.74, 6) is 0.525. The maximum absolute atomic E-state index is 14.4. The van der Waals surface area contributed by atoms with Gasteiger partial charge in [-0.25, -0.2) is 4.39 Å². The van der Waals surface area contributed by atoms with Crippen molar-refractivity contribution in [2.24, 2.45) is 11.7 Å². The Hall–Kier alpha value is -1.13. The van der Waals surface area contributed by atoms with E-state index >= 15 is 0 Å². The highest BCUT2D eigenvalue weighted by Gasteiger charge is 2.33. The van der Waals surface area contributed by atoms with Gasteiger partial charge in [0.15, 0.2) is 0 Å². The minimum absolute atomic E-state index is 0.153. The first kappa shape index (κ1) is 15.3. The first-order valence-electron chi connectivity index (χ1n) is 7.42. The van der Waals surface area contributed by atoms with Gasteiger partial charge in [-0.15, -0.1) is 0 Å². The van der Waals surface area contributed by atoms with Crippen molar-refractivity contribution in [2.75, 3.05) is 31.7 Å². The molecule has 1 fully saturated rings. The quantitative estimate of drug-likeness (QED) is 0.795. The Kier molecular flexibility index (Phi) is 5.38. The summed E-state index contributed by atoms with van der Waals surface area (Å²) in [6.45, 7) is 4.04. The van der Waals surface area contributed by atoms with E-state index in [1.807, 2.05) is 6.07 Å². The Morgan fingerprint density at radius 2 is 2.20 bits per heavy atom. The Morgan fingerprint density at radius 3 is 2.80 bits per heavy atom. The molecular formula is C16H25FN2O. The number of halogens is 1. The van der Waals surface area contributed by atoms with Gasteiger partial charge in [-0.1, -0.05) is 12.1 Å². The van der Waals surface area contributed by atoms with Crippen molar-refractivity contribution in [1.82, 2.24) is 0 Å². The van der Waals surface area contributed by atoms with Crippen LogP contribution in [-0.2, 0) is 11.2 Å². The third kappa shape index (κ3) is 3.49. The second kappa shape index (κ2) is 7.04. The molecule has 0 bridgehead atoms. The third-order valence-electron chi connectivity index (χ3n) is 4.10. The largest absolute Gasteiger partial charge is 0.383 e. The van der Waals surface area contributed by atoms with Crippen molar-refractivity contribution < 1.29 is 9.13 Å². The van der Waals surface area contributed by atoms with Crippen LogP contribution in [0.5, 0.6) is 0 Å². The summed E-state index contributed by atoms with van der Waals surface area (Å²) in [5.41, 5.74) is 7.38. The molecule has 1 atom stereocenters. The topological polar surface area (TPSA) is 38.5 Å². The average Bonchev–Trinajstić information content (AvgIpc) is 3.26. The van der Waals surface area contributed by atoms with Gasteiger partial charge in [-0.2, -0.15) is 0 Å². The predicted molar refractivity (Wildman–Crippen MR) is 80.6 cm³/mol. The summed E-state index contributed by atoms with van der Waals surface area (Å²) in [7, 11) is 1.68. The van der Waals surface area contributed by atoms with Crippen LogP contribution < -0.4 is 10.6 Å². The molecule has 1 aromatic carbocycles. The lowest BCUT2D eigenvalue weighted by molar-refractivity contribution is 0.202. The number of hydrogen-bond donors (Lipinski definition) is 1. The minimum atomic E-state index is -0.153. The summed E-state index contributed by atoms with van der Waals surface area (Å²) >= 11 is 0. The van der Waals surface area contributed by atoms with Crippen LogP contribution in [0.2, 0.25) is 0 Å². The van der Waals surface area contributed by atoms with Crippen LogP contribution in [0, 0.1) is 11.7 Å². The van der Waals surface area contributed by atoms with Crippen LogP contribution in [0.1, 0.15) is 25.3 Å². The Labute approximate surface area is 120 Å². The number of nitrogens with zero attached hydrogens (tertiary/aromatic N) is 1. The lowest BCUT2D eigenvalue weighted by Gasteiger charge is -2.33. The molecule has 4 heteroatoms. The Morgan fingerprint density at radius 1 is 1.45 bits per heavy atom. The average molecular weight is 280 g/mol. The maximum Gasteiger partial charge on any atom is 0.146 e. The molecule has 1 aliphatic carbocycles. The number of anilines is 1. The van der Waals surface area contributed by atoms with Crippen LogP contribution in [0.4, 0.5) is 10.1 Å². The van der Waals surface area contributed by atoms with E-state index in [1.54, 1.807) is 13.2 Å². The minimum Gasteiger partial charge on any atom is -0.383 e. The number of nitrogens with two attached hydrogens (primary N) is 1. The SMILES string of the molecule is COCCN(c1c(F)cccc1CCN)C(C)C1CC1.